The van der Waals surface area contributed by atoms with Gasteiger partial charge in [0.2, 0.25) is 0 Å². The van der Waals surface area contributed by atoms with Crippen molar-refractivity contribution in [3.63, 3.8) is 0 Å². The minimum Gasteiger partial charge on any atom is -0.160 e. The van der Waals surface area contributed by atoms with Crippen LogP contribution in [0.2, 0.25) is 0 Å². The maximum Gasteiger partial charge on any atom is 0.511 e. The van der Waals surface area contributed by atoms with Crippen molar-refractivity contribution in [2.24, 2.45) is 5.92 Å². The van der Waals surface area contributed by atoms with Gasteiger partial charge in [0, 0.05) is 27.7 Å². The molecule has 1 N–H and O–H groups in total. The quantitative estimate of drug-likeness (QED) is 0.0487. The van der Waals surface area contributed by atoms with Gasteiger partial charge in [0.1, 0.15) is 0 Å². The molecular weight excluding hydrogens is 1410 g/mol. The van der Waals surface area contributed by atoms with Crippen LogP contribution < -0.4 is 0 Å². The summed E-state index contributed by atoms with van der Waals surface area (Å²) in [6, 6.07) is 0. The lowest BCUT2D eigenvalue weighted by molar-refractivity contribution is 0.371. The van der Waals surface area contributed by atoms with Crippen molar-refractivity contribution in [2.75, 3.05) is 73.9 Å². The van der Waals surface area contributed by atoms with E-state index < -0.39 is 35.0 Å². The van der Waals surface area contributed by atoms with Crippen LogP contribution in [0.25, 0.3) is 0 Å². The van der Waals surface area contributed by atoms with E-state index in [1.807, 2.05) is 20.8 Å². The number of hydrogen-bond donors (Lipinski definition) is 1. The summed E-state index contributed by atoms with van der Waals surface area (Å²) < 4.78 is 10.9. The Bertz CT molecular complexity index is 1410. The van der Waals surface area contributed by atoms with Crippen molar-refractivity contribution in [1.29, 1.82) is 0 Å². The summed E-state index contributed by atoms with van der Waals surface area (Å²) >= 11 is 0. The standard InChI is InChI=1S/3C32H68P.C8H17O2P/c3*1-5-9-13-17-18-19-20-21-22-23-24-28-32-33(29-25-14-10-6-2,30-26-15-11-7-3)31-27-16-12-8-4;1-5-6-7(2)8(3,4)11(9)10/h3*5-32H2,1-4H3;7H,5-6H2,1-4H3/q3*+1;/p+1. The molecule has 0 aliphatic rings. The zero-order valence-electron chi connectivity index (χ0n) is 80.5. The van der Waals surface area contributed by atoms with Gasteiger partial charge in [-0.15, -0.1) is 0 Å². The first kappa shape index (κ1) is 118. The van der Waals surface area contributed by atoms with Gasteiger partial charge in [0.15, 0.2) is 5.16 Å². The average molecular weight is 1630 g/mol. The second-order valence-electron chi connectivity index (χ2n) is 37.5. The topological polar surface area (TPSA) is 37.3 Å². The summed E-state index contributed by atoms with van der Waals surface area (Å²) in [5.41, 5.74) is 0. The molecule has 6 heteroatoms. The van der Waals surface area contributed by atoms with Gasteiger partial charge < -0.3 is 0 Å². The predicted octanol–water partition coefficient (Wildman–Crippen LogP) is 40.3. The molecule has 666 valence electrons. The summed E-state index contributed by atoms with van der Waals surface area (Å²) in [6.07, 6.45) is 128. The summed E-state index contributed by atoms with van der Waals surface area (Å²) in [6.45, 7) is 36.1. The molecular formula is C104H222O2P4+4. The Labute approximate surface area is 705 Å². The van der Waals surface area contributed by atoms with E-state index in [9.17, 15) is 4.57 Å². The van der Waals surface area contributed by atoms with Crippen LogP contribution in [0.3, 0.4) is 0 Å². The number of rotatable bonds is 88. The molecule has 0 aliphatic carbocycles. The van der Waals surface area contributed by atoms with Crippen molar-refractivity contribution in [3.05, 3.63) is 0 Å². The largest absolute Gasteiger partial charge is 0.511 e. The second kappa shape index (κ2) is 95.8. The molecule has 0 spiro atoms. The van der Waals surface area contributed by atoms with Crippen molar-refractivity contribution in [3.8, 4) is 0 Å². The highest BCUT2D eigenvalue weighted by molar-refractivity contribution is 7.76. The average Bonchev–Trinajstić information content (AvgIpc) is 0.895. The first-order valence-electron chi connectivity index (χ1n) is 52.4. The minimum atomic E-state index is -2.04. The smallest absolute Gasteiger partial charge is 0.160 e. The molecule has 0 aromatic heterocycles. The predicted molar refractivity (Wildman–Crippen MR) is 528 cm³/mol. The molecule has 0 aliphatic heterocycles. The monoisotopic (exact) mass is 1630 g/mol. The summed E-state index contributed by atoms with van der Waals surface area (Å²) in [7, 11) is -4.13. The summed E-state index contributed by atoms with van der Waals surface area (Å²) in [4.78, 5) is 8.99. The Morgan fingerprint density at radius 3 is 0.391 bits per heavy atom. The molecule has 2 nitrogen and oxygen atoms in total. The van der Waals surface area contributed by atoms with E-state index in [1.165, 1.54) is 385 Å². The van der Waals surface area contributed by atoms with Crippen LogP contribution in [0.1, 0.15) is 586 Å². The fourth-order valence-corrected chi connectivity index (χ4v) is 33.0. The van der Waals surface area contributed by atoms with E-state index >= 15 is 0 Å². The molecule has 0 saturated carbocycles. The van der Waals surface area contributed by atoms with Gasteiger partial charge in [-0.25, -0.2) is 0 Å². The molecule has 110 heavy (non-hydrogen) atoms. The van der Waals surface area contributed by atoms with Gasteiger partial charge >= 0.3 is 8.03 Å². The molecule has 0 radical (unpaired) electrons. The van der Waals surface area contributed by atoms with Crippen LogP contribution in [0, 0.1) is 5.92 Å². The van der Waals surface area contributed by atoms with Gasteiger partial charge in [-0.2, -0.15) is 4.89 Å². The lowest BCUT2D eigenvalue weighted by atomic mass is 9.93. The lowest BCUT2D eigenvalue weighted by Crippen LogP contribution is -2.24. The Kier molecular flexibility index (Phi) is 102. The van der Waals surface area contributed by atoms with Gasteiger partial charge in [0.25, 0.3) is 0 Å². The molecule has 0 saturated heterocycles. The normalized spacial score (nSPS) is 12.4. The Morgan fingerprint density at radius 1 is 0.191 bits per heavy atom. The van der Waals surface area contributed by atoms with Crippen LogP contribution in [0.4, 0.5) is 0 Å². The first-order valence-corrected chi connectivity index (χ1v) is 61.2. The molecule has 0 aromatic carbocycles. The van der Waals surface area contributed by atoms with Crippen molar-refractivity contribution in [1.82, 2.24) is 0 Å². The highest BCUT2D eigenvalue weighted by Crippen LogP contribution is 2.64. The fraction of sp³-hybridized carbons (Fsp3) is 1.00. The maximum absolute atomic E-state index is 10.9. The van der Waals surface area contributed by atoms with Crippen molar-refractivity contribution < 1.29 is 9.46 Å². The highest BCUT2D eigenvalue weighted by Gasteiger charge is 2.44. The maximum atomic E-state index is 10.9. The van der Waals surface area contributed by atoms with E-state index in [2.05, 4.69) is 90.0 Å². The fourth-order valence-electron chi connectivity index (χ4n) is 17.7. The van der Waals surface area contributed by atoms with Crippen LogP contribution in [-0.4, -0.2) is 84.0 Å². The van der Waals surface area contributed by atoms with E-state index in [1.54, 1.807) is 151 Å². The third-order valence-corrected chi connectivity index (χ3v) is 42.9. The van der Waals surface area contributed by atoms with Crippen LogP contribution in [0.15, 0.2) is 0 Å². The number of unbranched alkanes of at least 4 members (excludes halogenated alkanes) is 60. The molecule has 0 bridgehead atoms. The third-order valence-electron chi connectivity index (χ3n) is 26.3. The van der Waals surface area contributed by atoms with Crippen molar-refractivity contribution >= 4 is 29.8 Å². The summed E-state index contributed by atoms with van der Waals surface area (Å²) in [5.74, 6) is 0.320. The molecule has 2 unspecified atom stereocenters. The Hall–Kier alpha value is 1.35. The van der Waals surface area contributed by atoms with Crippen molar-refractivity contribution in [2.45, 2.75) is 591 Å². The zero-order valence-corrected chi connectivity index (χ0v) is 84.1. The van der Waals surface area contributed by atoms with Crippen LogP contribution in [0.5, 0.6) is 0 Å². The Morgan fingerprint density at radius 2 is 0.291 bits per heavy atom. The highest BCUT2D eigenvalue weighted by atomic mass is 31.2. The molecule has 0 rings (SSSR count). The van der Waals surface area contributed by atoms with Gasteiger partial charge in [-0.3, -0.25) is 0 Å². The lowest BCUT2D eigenvalue weighted by Gasteiger charge is -2.28. The Balaban J connectivity index is -0.000000714. The van der Waals surface area contributed by atoms with E-state index in [0.717, 1.165) is 12.8 Å². The molecule has 0 fully saturated rings. The third kappa shape index (κ3) is 83.0. The SMILES string of the molecule is CCCC(C)C(C)(C)[P+](=O)O.CCCCCCCCCCCCCC[P+](CCCCCC)(CCCCCC)CCCCCC.CCCCCCCCCCCCCC[P+](CCCCCC)(CCCCCC)CCCCCC.CCCCCCCCCCCCCC[P+](CCCCCC)(CCCCCC)CCCCCC. The summed E-state index contributed by atoms with van der Waals surface area (Å²) in [5, 5.41) is -0.425. The second-order valence-corrected chi connectivity index (χ2v) is 52.7. The molecule has 2 atom stereocenters. The molecule has 0 amide bonds. The van der Waals surface area contributed by atoms with Crippen LogP contribution in [-0.2, 0) is 4.57 Å². The van der Waals surface area contributed by atoms with Gasteiger partial charge in [0.05, 0.1) is 73.9 Å². The van der Waals surface area contributed by atoms with Gasteiger partial charge in [-0.05, 0) is 179 Å². The van der Waals surface area contributed by atoms with E-state index in [0.29, 0.717) is 5.92 Å². The zero-order chi connectivity index (χ0) is 82.0. The molecule has 0 heterocycles. The first-order chi connectivity index (χ1) is 53.7. The number of hydrogen-bond acceptors (Lipinski definition) is 1. The van der Waals surface area contributed by atoms with E-state index in [-0.39, 0.29) is 0 Å². The van der Waals surface area contributed by atoms with Crippen LogP contribution >= 0.6 is 29.8 Å². The van der Waals surface area contributed by atoms with Gasteiger partial charge in [-0.1, -0.05) is 412 Å². The minimum absolute atomic E-state index is 0.320. The molecule has 0 aromatic rings. The van der Waals surface area contributed by atoms with E-state index in [4.69, 9.17) is 4.89 Å².